The van der Waals surface area contributed by atoms with Crippen LogP contribution in [0, 0.1) is 0 Å². The first-order chi connectivity index (χ1) is 9.94. The predicted octanol–water partition coefficient (Wildman–Crippen LogP) is 0.118. The van der Waals surface area contributed by atoms with Crippen molar-refractivity contribution in [2.45, 2.75) is 63.6 Å². The first kappa shape index (κ1) is 16.7. The van der Waals surface area contributed by atoms with Crippen LogP contribution in [0.4, 0.5) is 0 Å². The molecule has 21 heavy (non-hydrogen) atoms. The molecule has 0 bridgehead atoms. The van der Waals surface area contributed by atoms with Gasteiger partial charge in [0, 0.05) is 18.6 Å². The minimum atomic E-state index is -3.65. The van der Waals surface area contributed by atoms with Crippen LogP contribution in [0.1, 0.15) is 45.4 Å². The fraction of sp³-hybridized carbons (Fsp3) is 0.923. The predicted molar refractivity (Wildman–Crippen MR) is 78.6 cm³/mol. The van der Waals surface area contributed by atoms with Gasteiger partial charge in [-0.25, -0.2) is 0 Å². The smallest absolute Gasteiger partial charge is 0.324 e. The van der Waals surface area contributed by atoms with Gasteiger partial charge in [0.25, 0.3) is 10.2 Å². The molecule has 8 heteroatoms. The molecule has 2 rings (SSSR count). The third kappa shape index (κ3) is 4.15. The highest BCUT2D eigenvalue weighted by atomic mass is 32.2. The summed E-state index contributed by atoms with van der Waals surface area (Å²) in [6, 6.07) is -0.601. The van der Waals surface area contributed by atoms with Crippen LogP contribution in [0.5, 0.6) is 0 Å². The standard InChI is InChI=1S/C13H25N3O4S/c1-2-20-13(17)12-4-3-9-16(12)21(18,19)15-11-7-5-10(14)6-8-11/h10-12,15H,2-9,14H2,1H3. The van der Waals surface area contributed by atoms with E-state index in [4.69, 9.17) is 10.5 Å². The fourth-order valence-electron chi connectivity index (χ4n) is 3.02. The zero-order chi connectivity index (χ0) is 15.5. The van der Waals surface area contributed by atoms with Crippen molar-refractivity contribution >= 4 is 16.2 Å². The summed E-state index contributed by atoms with van der Waals surface area (Å²) in [4.78, 5) is 11.9. The summed E-state index contributed by atoms with van der Waals surface area (Å²) in [5, 5.41) is 0. The van der Waals surface area contributed by atoms with Gasteiger partial charge in [-0.2, -0.15) is 17.4 Å². The second-order valence-corrected chi connectivity index (χ2v) is 7.41. The molecule has 1 aliphatic carbocycles. The van der Waals surface area contributed by atoms with Crippen molar-refractivity contribution in [1.29, 1.82) is 0 Å². The van der Waals surface area contributed by atoms with Crippen molar-refractivity contribution in [2.24, 2.45) is 5.73 Å². The minimum absolute atomic E-state index is 0.0850. The zero-order valence-corrected chi connectivity index (χ0v) is 13.3. The molecule has 1 heterocycles. The van der Waals surface area contributed by atoms with Gasteiger partial charge < -0.3 is 10.5 Å². The Balaban J connectivity index is 1.99. The maximum absolute atomic E-state index is 12.5. The second-order valence-electron chi connectivity index (χ2n) is 5.76. The van der Waals surface area contributed by atoms with Crippen molar-refractivity contribution in [3.8, 4) is 0 Å². The van der Waals surface area contributed by atoms with Gasteiger partial charge >= 0.3 is 5.97 Å². The average Bonchev–Trinajstić information content (AvgIpc) is 2.92. The van der Waals surface area contributed by atoms with E-state index in [1.165, 1.54) is 4.31 Å². The van der Waals surface area contributed by atoms with Gasteiger partial charge in [0.15, 0.2) is 0 Å². The van der Waals surface area contributed by atoms with Crippen LogP contribution in [0.15, 0.2) is 0 Å². The highest BCUT2D eigenvalue weighted by Crippen LogP contribution is 2.24. The Kier molecular flexibility index (Phi) is 5.59. The fourth-order valence-corrected chi connectivity index (χ4v) is 4.71. The molecule has 1 atom stereocenters. The third-order valence-electron chi connectivity index (χ3n) is 4.16. The maximum atomic E-state index is 12.5. The first-order valence-corrected chi connectivity index (χ1v) is 9.09. The van der Waals surface area contributed by atoms with Crippen molar-refractivity contribution in [1.82, 2.24) is 9.03 Å². The van der Waals surface area contributed by atoms with E-state index in [9.17, 15) is 13.2 Å². The summed E-state index contributed by atoms with van der Waals surface area (Å²) in [5.41, 5.74) is 5.83. The van der Waals surface area contributed by atoms with Crippen LogP contribution in [0.2, 0.25) is 0 Å². The number of nitrogens with one attached hydrogen (secondary N) is 1. The van der Waals surface area contributed by atoms with Crippen LogP contribution in [-0.4, -0.2) is 50.0 Å². The number of ether oxygens (including phenoxy) is 1. The van der Waals surface area contributed by atoms with E-state index in [-0.39, 0.29) is 18.7 Å². The third-order valence-corrected chi connectivity index (χ3v) is 5.84. The quantitative estimate of drug-likeness (QED) is 0.701. The largest absolute Gasteiger partial charge is 0.465 e. The van der Waals surface area contributed by atoms with Crippen LogP contribution in [0.3, 0.4) is 0 Å². The molecule has 0 amide bonds. The number of hydrogen-bond acceptors (Lipinski definition) is 5. The van der Waals surface area contributed by atoms with Gasteiger partial charge in [-0.1, -0.05) is 0 Å². The molecule has 0 spiro atoms. The lowest BCUT2D eigenvalue weighted by molar-refractivity contribution is -0.146. The molecule has 2 aliphatic rings. The summed E-state index contributed by atoms with van der Waals surface area (Å²) >= 11 is 0. The molecule has 122 valence electrons. The lowest BCUT2D eigenvalue weighted by atomic mass is 9.93. The van der Waals surface area contributed by atoms with E-state index in [1.54, 1.807) is 6.92 Å². The molecular formula is C13H25N3O4S. The van der Waals surface area contributed by atoms with Gasteiger partial charge in [0.2, 0.25) is 0 Å². The molecule has 1 aliphatic heterocycles. The van der Waals surface area contributed by atoms with Gasteiger partial charge in [-0.3, -0.25) is 4.79 Å². The van der Waals surface area contributed by atoms with Gasteiger partial charge in [0.05, 0.1) is 6.61 Å². The molecule has 2 fully saturated rings. The summed E-state index contributed by atoms with van der Waals surface area (Å²) in [6.45, 7) is 2.34. The molecule has 1 unspecified atom stereocenters. The lowest BCUT2D eigenvalue weighted by Crippen LogP contribution is -2.51. The van der Waals surface area contributed by atoms with Gasteiger partial charge in [0.1, 0.15) is 6.04 Å². The number of nitrogens with zero attached hydrogens (tertiary/aromatic N) is 1. The van der Waals surface area contributed by atoms with Crippen LogP contribution in [-0.2, 0) is 19.7 Å². The normalized spacial score (nSPS) is 31.2. The van der Waals surface area contributed by atoms with Crippen molar-refractivity contribution in [3.63, 3.8) is 0 Å². The van der Waals surface area contributed by atoms with Crippen LogP contribution >= 0.6 is 0 Å². The summed E-state index contributed by atoms with van der Waals surface area (Å²) in [7, 11) is -3.65. The topological polar surface area (TPSA) is 102 Å². The lowest BCUT2D eigenvalue weighted by Gasteiger charge is -2.30. The summed E-state index contributed by atoms with van der Waals surface area (Å²) in [5.74, 6) is -0.453. The van der Waals surface area contributed by atoms with Gasteiger partial charge in [-0.05, 0) is 45.4 Å². The Morgan fingerprint density at radius 3 is 2.57 bits per heavy atom. The Morgan fingerprint density at radius 2 is 1.95 bits per heavy atom. The Hall–Kier alpha value is -0.700. The molecular weight excluding hydrogens is 294 g/mol. The first-order valence-electron chi connectivity index (χ1n) is 7.65. The molecule has 0 aromatic heterocycles. The highest BCUT2D eigenvalue weighted by Gasteiger charge is 2.40. The van der Waals surface area contributed by atoms with E-state index >= 15 is 0 Å². The van der Waals surface area contributed by atoms with E-state index in [2.05, 4.69) is 4.72 Å². The number of carbonyl (C=O) groups excluding carboxylic acids is 1. The van der Waals surface area contributed by atoms with E-state index in [0.29, 0.717) is 19.4 Å². The maximum Gasteiger partial charge on any atom is 0.324 e. The molecule has 1 saturated carbocycles. The minimum Gasteiger partial charge on any atom is -0.465 e. The zero-order valence-electron chi connectivity index (χ0n) is 12.5. The number of esters is 1. The number of rotatable bonds is 5. The van der Waals surface area contributed by atoms with Crippen LogP contribution in [0.25, 0.3) is 0 Å². The highest BCUT2D eigenvalue weighted by molar-refractivity contribution is 7.87. The van der Waals surface area contributed by atoms with Crippen LogP contribution < -0.4 is 10.5 Å². The molecule has 0 aromatic carbocycles. The molecule has 0 radical (unpaired) electrons. The number of carbonyl (C=O) groups is 1. The van der Waals surface area contributed by atoms with E-state index < -0.39 is 22.2 Å². The Morgan fingerprint density at radius 1 is 1.29 bits per heavy atom. The Labute approximate surface area is 126 Å². The van der Waals surface area contributed by atoms with E-state index in [1.807, 2.05) is 0 Å². The number of nitrogens with two attached hydrogens (primary N) is 1. The van der Waals surface area contributed by atoms with E-state index in [0.717, 1.165) is 25.7 Å². The molecule has 7 nitrogen and oxygen atoms in total. The van der Waals surface area contributed by atoms with Crippen molar-refractivity contribution in [2.75, 3.05) is 13.2 Å². The SMILES string of the molecule is CCOC(=O)C1CCCN1S(=O)(=O)NC1CCC(N)CC1. The van der Waals surface area contributed by atoms with Gasteiger partial charge in [-0.15, -0.1) is 0 Å². The van der Waals surface area contributed by atoms with Crippen molar-refractivity contribution in [3.05, 3.63) is 0 Å². The molecule has 3 N–H and O–H groups in total. The monoisotopic (exact) mass is 319 g/mol. The molecule has 0 aromatic rings. The average molecular weight is 319 g/mol. The summed E-state index contributed by atoms with van der Waals surface area (Å²) < 4.78 is 33.9. The summed E-state index contributed by atoms with van der Waals surface area (Å²) in [6.07, 6.45) is 4.36. The Bertz CT molecular complexity index is 460. The van der Waals surface area contributed by atoms with Crippen molar-refractivity contribution < 1.29 is 17.9 Å². The second kappa shape index (κ2) is 7.04. The number of hydrogen-bond donors (Lipinski definition) is 2. The molecule has 1 saturated heterocycles.